The fraction of sp³-hybridized carbons (Fsp3) is 0.571. The van der Waals surface area contributed by atoms with Gasteiger partial charge in [-0.25, -0.2) is 13.2 Å². The van der Waals surface area contributed by atoms with Crippen LogP contribution in [0.15, 0.2) is 29.2 Å². The third kappa shape index (κ3) is 4.83. The molecule has 1 atom stereocenters. The highest BCUT2D eigenvalue weighted by Crippen LogP contribution is 2.29. The molecule has 1 aliphatic heterocycles. The number of nitrogens with one attached hydrogen (secondary N) is 2. The Morgan fingerprint density at radius 1 is 1.10 bits per heavy atom. The van der Waals surface area contributed by atoms with Gasteiger partial charge < -0.3 is 10.6 Å². The number of benzene rings is 1. The summed E-state index contributed by atoms with van der Waals surface area (Å²) < 4.78 is 23.3. The second-order valence-corrected chi connectivity index (χ2v) is 10.4. The summed E-state index contributed by atoms with van der Waals surface area (Å²) in [6.45, 7) is 1.22. The van der Waals surface area contributed by atoms with Crippen molar-refractivity contribution in [1.82, 2.24) is 15.5 Å². The van der Waals surface area contributed by atoms with Crippen LogP contribution in [0.2, 0.25) is 0 Å². The van der Waals surface area contributed by atoms with Gasteiger partial charge >= 0.3 is 6.03 Å². The number of imide groups is 1. The van der Waals surface area contributed by atoms with E-state index in [4.69, 9.17) is 0 Å². The van der Waals surface area contributed by atoms with Gasteiger partial charge in [0.25, 0.3) is 5.91 Å². The van der Waals surface area contributed by atoms with E-state index in [1.807, 2.05) is 0 Å². The molecule has 8 nitrogen and oxygen atoms in total. The third-order valence-electron chi connectivity index (χ3n) is 5.91. The summed E-state index contributed by atoms with van der Waals surface area (Å²) in [6, 6.07) is 5.26. The van der Waals surface area contributed by atoms with Crippen LogP contribution in [0.25, 0.3) is 0 Å². The molecule has 0 spiro atoms. The number of hydrogen-bond acceptors (Lipinski definition) is 5. The van der Waals surface area contributed by atoms with Crippen LogP contribution in [-0.4, -0.2) is 50.0 Å². The fourth-order valence-corrected chi connectivity index (χ4v) is 4.72. The van der Waals surface area contributed by atoms with Gasteiger partial charge in [-0.15, -0.1) is 0 Å². The Kier molecular flexibility index (Phi) is 6.50. The van der Waals surface area contributed by atoms with E-state index in [1.165, 1.54) is 30.7 Å². The van der Waals surface area contributed by atoms with E-state index in [9.17, 15) is 22.8 Å². The molecule has 30 heavy (non-hydrogen) atoms. The van der Waals surface area contributed by atoms with Crippen LogP contribution in [0.4, 0.5) is 4.79 Å². The van der Waals surface area contributed by atoms with Gasteiger partial charge in [-0.05, 0) is 37.5 Å². The number of hydrogen-bond donors (Lipinski definition) is 2. The van der Waals surface area contributed by atoms with Crippen LogP contribution in [0.5, 0.6) is 0 Å². The number of rotatable bonds is 5. The molecule has 0 aromatic heterocycles. The monoisotopic (exact) mass is 435 g/mol. The Balaban J connectivity index is 1.68. The quantitative estimate of drug-likeness (QED) is 0.688. The zero-order chi connectivity index (χ0) is 21.9. The molecule has 1 aliphatic carbocycles. The number of carbonyl (C=O) groups is 3. The second-order valence-electron chi connectivity index (χ2n) is 8.35. The summed E-state index contributed by atoms with van der Waals surface area (Å²) in [4.78, 5) is 39.0. The van der Waals surface area contributed by atoms with Gasteiger partial charge in [0, 0.05) is 12.3 Å². The van der Waals surface area contributed by atoms with Crippen LogP contribution < -0.4 is 10.6 Å². The first-order valence-corrected chi connectivity index (χ1v) is 12.2. The van der Waals surface area contributed by atoms with Crippen molar-refractivity contribution in [1.29, 1.82) is 0 Å². The highest BCUT2D eigenvalue weighted by atomic mass is 32.2. The first kappa shape index (κ1) is 22.3. The molecule has 1 saturated carbocycles. The fourth-order valence-electron chi connectivity index (χ4n) is 4.09. The highest BCUT2D eigenvalue weighted by molar-refractivity contribution is 7.90. The molecule has 3 rings (SSSR count). The first-order chi connectivity index (χ1) is 14.1. The Morgan fingerprint density at radius 3 is 2.23 bits per heavy atom. The third-order valence-corrected chi connectivity index (χ3v) is 7.04. The van der Waals surface area contributed by atoms with Gasteiger partial charge in [0.1, 0.15) is 12.1 Å². The van der Waals surface area contributed by atoms with Crippen molar-refractivity contribution in [3.63, 3.8) is 0 Å². The summed E-state index contributed by atoms with van der Waals surface area (Å²) in [5, 5.41) is 5.61. The summed E-state index contributed by atoms with van der Waals surface area (Å²) >= 11 is 0. The van der Waals surface area contributed by atoms with Gasteiger partial charge in [0.2, 0.25) is 5.91 Å². The molecule has 0 bridgehead atoms. The lowest BCUT2D eigenvalue weighted by Gasteiger charge is -2.23. The van der Waals surface area contributed by atoms with Crippen molar-refractivity contribution < 1.29 is 22.8 Å². The Morgan fingerprint density at radius 2 is 1.67 bits per heavy atom. The van der Waals surface area contributed by atoms with Crippen LogP contribution in [0.1, 0.15) is 57.4 Å². The molecule has 2 aliphatic rings. The van der Waals surface area contributed by atoms with Crippen molar-refractivity contribution in [3.8, 4) is 0 Å². The molecule has 2 N–H and O–H groups in total. The molecule has 9 heteroatoms. The lowest BCUT2D eigenvalue weighted by Crippen LogP contribution is -2.45. The highest BCUT2D eigenvalue weighted by Gasteiger charge is 2.49. The molecule has 0 radical (unpaired) electrons. The van der Waals surface area contributed by atoms with Gasteiger partial charge in [0.05, 0.1) is 4.90 Å². The maximum absolute atomic E-state index is 13.0. The molecule has 1 saturated heterocycles. The average molecular weight is 436 g/mol. The predicted octanol–water partition coefficient (Wildman–Crippen LogP) is 2.09. The number of amides is 4. The summed E-state index contributed by atoms with van der Waals surface area (Å²) in [5.41, 5.74) is -0.899. The Hall–Kier alpha value is -2.42. The lowest BCUT2D eigenvalue weighted by atomic mass is 9.92. The normalized spacial score (nSPS) is 23.6. The molecular formula is C21H29N3O5S. The van der Waals surface area contributed by atoms with Gasteiger partial charge in [0.15, 0.2) is 9.84 Å². The number of sulfone groups is 1. The van der Waals surface area contributed by atoms with E-state index >= 15 is 0 Å². The lowest BCUT2D eigenvalue weighted by molar-refractivity contribution is -0.135. The minimum absolute atomic E-state index is 0.0773. The SMILES string of the molecule is CC1(c2ccc(S(C)(=O)=O)cc2)NC(=O)N(CC(=O)NC2CCCCCCC2)C1=O. The molecule has 1 unspecified atom stereocenters. The predicted molar refractivity (Wildman–Crippen MR) is 111 cm³/mol. The van der Waals surface area contributed by atoms with E-state index in [-0.39, 0.29) is 23.4 Å². The number of urea groups is 1. The maximum atomic E-state index is 13.0. The average Bonchev–Trinajstić information content (AvgIpc) is 2.87. The van der Waals surface area contributed by atoms with E-state index in [2.05, 4.69) is 10.6 Å². The minimum Gasteiger partial charge on any atom is -0.352 e. The number of nitrogens with zero attached hydrogens (tertiary/aromatic N) is 1. The molecule has 1 heterocycles. The summed E-state index contributed by atoms with van der Waals surface area (Å²) in [6.07, 6.45) is 8.61. The van der Waals surface area contributed by atoms with Crippen LogP contribution in [0, 0.1) is 0 Å². The molecular weight excluding hydrogens is 406 g/mol. The van der Waals surface area contributed by atoms with Crippen molar-refractivity contribution in [2.45, 2.75) is 68.3 Å². The topological polar surface area (TPSA) is 113 Å². The first-order valence-electron chi connectivity index (χ1n) is 10.4. The molecule has 2 fully saturated rings. The Labute approximate surface area is 177 Å². The van der Waals surface area contributed by atoms with Gasteiger partial charge in [-0.3, -0.25) is 14.5 Å². The minimum atomic E-state index is -3.37. The summed E-state index contributed by atoms with van der Waals surface area (Å²) in [5.74, 6) is -0.881. The number of carbonyl (C=O) groups excluding carboxylic acids is 3. The van der Waals surface area contributed by atoms with Crippen molar-refractivity contribution in [2.75, 3.05) is 12.8 Å². The molecule has 1 aromatic carbocycles. The zero-order valence-corrected chi connectivity index (χ0v) is 18.3. The maximum Gasteiger partial charge on any atom is 0.325 e. The standard InChI is InChI=1S/C21H29N3O5S/c1-21(15-10-12-17(13-11-15)30(2,28)29)19(26)24(20(27)23-21)14-18(25)22-16-8-6-4-3-5-7-9-16/h10-13,16H,3-9,14H2,1-2H3,(H,22,25)(H,23,27). The largest absolute Gasteiger partial charge is 0.352 e. The Bertz CT molecular complexity index is 920. The van der Waals surface area contributed by atoms with E-state index in [0.29, 0.717) is 5.56 Å². The molecule has 1 aromatic rings. The van der Waals surface area contributed by atoms with Crippen LogP contribution in [0.3, 0.4) is 0 Å². The van der Waals surface area contributed by atoms with E-state index < -0.39 is 27.3 Å². The van der Waals surface area contributed by atoms with E-state index in [0.717, 1.165) is 49.7 Å². The van der Waals surface area contributed by atoms with Gasteiger partial charge in [-0.2, -0.15) is 0 Å². The van der Waals surface area contributed by atoms with Crippen molar-refractivity contribution in [2.24, 2.45) is 0 Å². The zero-order valence-electron chi connectivity index (χ0n) is 17.4. The van der Waals surface area contributed by atoms with Gasteiger partial charge in [-0.1, -0.05) is 44.2 Å². The summed E-state index contributed by atoms with van der Waals surface area (Å²) in [7, 11) is -3.37. The molecule has 4 amide bonds. The van der Waals surface area contributed by atoms with Crippen LogP contribution in [-0.2, 0) is 25.0 Å². The van der Waals surface area contributed by atoms with E-state index in [1.54, 1.807) is 6.92 Å². The van der Waals surface area contributed by atoms with Crippen molar-refractivity contribution in [3.05, 3.63) is 29.8 Å². The van der Waals surface area contributed by atoms with Crippen molar-refractivity contribution >= 4 is 27.7 Å². The molecule has 164 valence electrons. The van der Waals surface area contributed by atoms with Crippen LogP contribution >= 0.6 is 0 Å². The second kappa shape index (κ2) is 8.75. The smallest absolute Gasteiger partial charge is 0.325 e.